The Morgan fingerprint density at radius 1 is 0.448 bits per heavy atom. The van der Waals surface area contributed by atoms with Crippen LogP contribution in [0.3, 0.4) is 0 Å². The lowest BCUT2D eigenvalue weighted by Gasteiger charge is -2.03. The average molecular weight is 397 g/mol. The molecule has 0 aromatic carbocycles. The molecule has 0 nitrogen and oxygen atoms in total. The van der Waals surface area contributed by atoms with E-state index < -0.39 is 0 Å². The molecule has 0 saturated heterocycles. The van der Waals surface area contributed by atoms with Crippen molar-refractivity contribution >= 4 is 0 Å². The second kappa shape index (κ2) is 17.3. The fourth-order valence-electron chi connectivity index (χ4n) is 3.20. The summed E-state index contributed by atoms with van der Waals surface area (Å²) < 4.78 is 0. The fourth-order valence-corrected chi connectivity index (χ4v) is 3.20. The van der Waals surface area contributed by atoms with Crippen molar-refractivity contribution in [2.45, 2.75) is 113 Å². The first kappa shape index (κ1) is 27.4. The quantitative estimate of drug-likeness (QED) is 0.241. The Morgan fingerprint density at radius 3 is 1.00 bits per heavy atom. The summed E-state index contributed by atoms with van der Waals surface area (Å²) in [4.78, 5) is 0. The molecule has 0 bridgehead atoms. The zero-order valence-electron chi connectivity index (χ0n) is 20.7. The molecule has 29 heavy (non-hydrogen) atoms. The molecule has 0 aromatic heterocycles. The molecule has 0 unspecified atom stereocenters. The van der Waals surface area contributed by atoms with Crippen LogP contribution < -0.4 is 0 Å². The van der Waals surface area contributed by atoms with E-state index in [4.69, 9.17) is 0 Å². The molecule has 0 atom stereocenters. The molecular formula is C29H48. The van der Waals surface area contributed by atoms with Crippen molar-refractivity contribution in [3.8, 4) is 0 Å². The van der Waals surface area contributed by atoms with Crippen LogP contribution in [-0.4, -0.2) is 0 Å². The van der Waals surface area contributed by atoms with Gasteiger partial charge in [0, 0.05) is 0 Å². The van der Waals surface area contributed by atoms with E-state index >= 15 is 0 Å². The third-order valence-electron chi connectivity index (χ3n) is 5.25. The highest BCUT2D eigenvalue weighted by atomic mass is 14.0. The van der Waals surface area contributed by atoms with Gasteiger partial charge in [0.05, 0.1) is 0 Å². The highest BCUT2D eigenvalue weighted by molar-refractivity contribution is 5.08. The summed E-state index contributed by atoms with van der Waals surface area (Å²) in [5, 5.41) is 0. The molecule has 0 N–H and O–H groups in total. The van der Waals surface area contributed by atoms with Gasteiger partial charge in [-0.3, -0.25) is 0 Å². The molecule has 0 heterocycles. The summed E-state index contributed by atoms with van der Waals surface area (Å²) in [7, 11) is 0. The van der Waals surface area contributed by atoms with Gasteiger partial charge in [0.25, 0.3) is 0 Å². The van der Waals surface area contributed by atoms with Crippen molar-refractivity contribution in [2.24, 2.45) is 0 Å². The third-order valence-corrected chi connectivity index (χ3v) is 5.25. The predicted octanol–water partition coefficient (Wildman–Crippen LogP) is 10.2. The van der Waals surface area contributed by atoms with Gasteiger partial charge in [-0.1, -0.05) is 63.8 Å². The minimum Gasteiger partial charge on any atom is -0.100 e. The van der Waals surface area contributed by atoms with Gasteiger partial charge in [0.2, 0.25) is 0 Å². The maximum Gasteiger partial charge on any atom is -0.0288 e. The summed E-state index contributed by atoms with van der Waals surface area (Å²) in [5.41, 5.74) is 8.79. The summed E-state index contributed by atoms with van der Waals surface area (Å²) in [6.45, 7) is 19.5. The van der Waals surface area contributed by atoms with E-state index in [0.29, 0.717) is 0 Å². The molecule has 0 aliphatic carbocycles. The molecule has 0 radical (unpaired) electrons. The lowest BCUT2D eigenvalue weighted by molar-refractivity contribution is 0.887. The summed E-state index contributed by atoms with van der Waals surface area (Å²) in [6.07, 6.45) is 23.7. The first-order valence-electron chi connectivity index (χ1n) is 11.6. The molecule has 164 valence electrons. The maximum absolute atomic E-state index is 3.97. The minimum atomic E-state index is 1.11. The second-order valence-electron chi connectivity index (χ2n) is 9.13. The Kier molecular flexibility index (Phi) is 16.4. The van der Waals surface area contributed by atoms with Gasteiger partial charge in [-0.15, -0.1) is 6.58 Å². The highest BCUT2D eigenvalue weighted by Crippen LogP contribution is 2.15. The zero-order chi connectivity index (χ0) is 22.1. The normalized spacial score (nSPS) is 13.6. The molecule has 0 fully saturated rings. The third kappa shape index (κ3) is 19.5. The molecule has 0 spiro atoms. The monoisotopic (exact) mass is 396 g/mol. The van der Waals surface area contributed by atoms with Crippen LogP contribution >= 0.6 is 0 Å². The van der Waals surface area contributed by atoms with Gasteiger partial charge >= 0.3 is 0 Å². The van der Waals surface area contributed by atoms with E-state index in [1.165, 1.54) is 84.8 Å². The van der Waals surface area contributed by atoms with Crippen LogP contribution in [0.25, 0.3) is 0 Å². The van der Waals surface area contributed by atoms with E-state index in [0.717, 1.165) is 12.8 Å². The average Bonchev–Trinajstić information content (AvgIpc) is 2.61. The van der Waals surface area contributed by atoms with Gasteiger partial charge in [0.15, 0.2) is 0 Å². The summed E-state index contributed by atoms with van der Waals surface area (Å²) >= 11 is 0. The van der Waals surface area contributed by atoms with Crippen molar-refractivity contribution in [3.63, 3.8) is 0 Å². The van der Waals surface area contributed by atoms with E-state index in [2.05, 4.69) is 85.4 Å². The molecule has 0 amide bonds. The number of hydrogen-bond acceptors (Lipinski definition) is 0. The molecule has 0 aliphatic rings. The van der Waals surface area contributed by atoms with Crippen molar-refractivity contribution in [1.29, 1.82) is 0 Å². The van der Waals surface area contributed by atoms with Gasteiger partial charge in [-0.25, -0.2) is 0 Å². The van der Waals surface area contributed by atoms with Crippen LogP contribution in [0.5, 0.6) is 0 Å². The lowest BCUT2D eigenvalue weighted by Crippen LogP contribution is -1.83. The van der Waals surface area contributed by atoms with Crippen LogP contribution in [0.1, 0.15) is 113 Å². The first-order valence-corrected chi connectivity index (χ1v) is 11.6. The van der Waals surface area contributed by atoms with Crippen molar-refractivity contribution in [1.82, 2.24) is 0 Å². The SMILES string of the molecule is C=C(C)CC/C=C(\C)CC/C=C(\C)CC/C=C(\C)CC/C=C(\C)CCC=C(C)C. The van der Waals surface area contributed by atoms with Crippen LogP contribution in [0.4, 0.5) is 0 Å². The van der Waals surface area contributed by atoms with E-state index in [9.17, 15) is 0 Å². The molecule has 0 heteroatoms. The zero-order valence-corrected chi connectivity index (χ0v) is 20.7. The van der Waals surface area contributed by atoms with Gasteiger partial charge in [0.1, 0.15) is 0 Å². The second-order valence-corrected chi connectivity index (χ2v) is 9.13. The van der Waals surface area contributed by atoms with Gasteiger partial charge in [-0.2, -0.15) is 0 Å². The van der Waals surface area contributed by atoms with E-state index in [-0.39, 0.29) is 0 Å². The summed E-state index contributed by atoms with van der Waals surface area (Å²) in [5.74, 6) is 0. The van der Waals surface area contributed by atoms with Crippen molar-refractivity contribution < 1.29 is 0 Å². The molecule has 0 aliphatic heterocycles. The first-order chi connectivity index (χ1) is 13.7. The predicted molar refractivity (Wildman–Crippen MR) is 135 cm³/mol. The van der Waals surface area contributed by atoms with Crippen molar-refractivity contribution in [3.05, 3.63) is 70.4 Å². The fraction of sp³-hybridized carbons (Fsp3) is 0.586. The largest absolute Gasteiger partial charge is 0.100 e. The molecule has 0 aromatic rings. The number of allylic oxidation sites excluding steroid dienone is 11. The topological polar surface area (TPSA) is 0 Å². The number of hydrogen-bond donors (Lipinski definition) is 0. The van der Waals surface area contributed by atoms with Crippen LogP contribution in [0.2, 0.25) is 0 Å². The van der Waals surface area contributed by atoms with Crippen molar-refractivity contribution in [2.75, 3.05) is 0 Å². The Hall–Kier alpha value is -1.56. The molecule has 0 saturated carbocycles. The molecular weight excluding hydrogens is 348 g/mol. The Bertz CT molecular complexity index is 612. The number of rotatable bonds is 15. The Labute approximate surface area is 183 Å². The Balaban J connectivity index is 4.06. The van der Waals surface area contributed by atoms with Crippen LogP contribution in [0.15, 0.2) is 70.4 Å². The highest BCUT2D eigenvalue weighted by Gasteiger charge is 1.95. The Morgan fingerprint density at radius 2 is 0.724 bits per heavy atom. The van der Waals surface area contributed by atoms with Crippen LogP contribution in [0, 0.1) is 0 Å². The van der Waals surface area contributed by atoms with E-state index in [1.807, 2.05) is 0 Å². The summed E-state index contributed by atoms with van der Waals surface area (Å²) in [6, 6.07) is 0. The minimum absolute atomic E-state index is 1.11. The maximum atomic E-state index is 3.97. The smallest absolute Gasteiger partial charge is 0.0288 e. The van der Waals surface area contributed by atoms with E-state index in [1.54, 1.807) is 0 Å². The lowest BCUT2D eigenvalue weighted by atomic mass is 10.0. The van der Waals surface area contributed by atoms with Gasteiger partial charge < -0.3 is 0 Å². The molecule has 0 rings (SSSR count). The standard InChI is InChI=1S/C29H48/c1-24(2)14-9-16-26(5)18-11-20-28(7)22-13-23-29(8)21-12-19-27(6)17-10-15-25(3)4/h15-16,19-20,23H,1,9-14,17-18,21-22H2,2-8H3/b26-16+,27-19+,28-20+,29-23+. The van der Waals surface area contributed by atoms with Crippen LogP contribution in [-0.2, 0) is 0 Å². The van der Waals surface area contributed by atoms with Gasteiger partial charge in [-0.05, 0) is 113 Å².